The highest BCUT2D eigenvalue weighted by molar-refractivity contribution is 9.11. The van der Waals surface area contributed by atoms with Crippen LogP contribution in [0.1, 0.15) is 47.6 Å². The molecule has 0 aliphatic carbocycles. The molecule has 0 spiro atoms. The third-order valence-electron chi connectivity index (χ3n) is 6.22. The van der Waals surface area contributed by atoms with Gasteiger partial charge in [-0.15, -0.1) is 0 Å². The van der Waals surface area contributed by atoms with Crippen LogP contribution in [0.2, 0.25) is 0 Å². The van der Waals surface area contributed by atoms with E-state index >= 15 is 0 Å². The topological polar surface area (TPSA) is 80.5 Å². The Morgan fingerprint density at radius 2 is 2.03 bits per heavy atom. The van der Waals surface area contributed by atoms with Crippen LogP contribution in [0.15, 0.2) is 27.9 Å². The number of aromatic amines is 1. The van der Waals surface area contributed by atoms with Crippen LogP contribution in [0.25, 0.3) is 6.08 Å². The predicted octanol–water partition coefficient (Wildman–Crippen LogP) is 2.95. The number of hydrogen-bond acceptors (Lipinski definition) is 4. The van der Waals surface area contributed by atoms with Crippen LogP contribution in [-0.2, 0) is 11.2 Å². The van der Waals surface area contributed by atoms with Gasteiger partial charge in [0.1, 0.15) is 0 Å². The minimum atomic E-state index is -0.0997. The molecule has 174 valence electrons. The molecule has 2 aliphatic heterocycles. The molecule has 3 rings (SSSR count). The van der Waals surface area contributed by atoms with E-state index in [9.17, 15) is 9.59 Å². The number of fused-ring (bicyclic) bond motifs is 1. The quantitative estimate of drug-likeness (QED) is 0.476. The SMILES string of the molecule is CCN(CC)CCN1CCCc2[nH]c(\C=C3/C(=O)NC/C3=C\C(Br)=C/NC)c(C)c2C1=O. The Hall–Kier alpha value is -2.32. The molecular formula is C24H34BrN5O2. The Morgan fingerprint density at radius 3 is 2.72 bits per heavy atom. The van der Waals surface area contributed by atoms with E-state index in [1.807, 2.05) is 37.2 Å². The van der Waals surface area contributed by atoms with Crippen molar-refractivity contribution in [2.75, 3.05) is 46.3 Å². The lowest BCUT2D eigenvalue weighted by molar-refractivity contribution is -0.116. The van der Waals surface area contributed by atoms with Gasteiger partial charge in [-0.1, -0.05) is 13.8 Å². The number of allylic oxidation sites excluding steroid dienone is 2. The van der Waals surface area contributed by atoms with Crippen LogP contribution < -0.4 is 10.6 Å². The normalized spacial score (nSPS) is 19.7. The fourth-order valence-corrected chi connectivity index (χ4v) is 4.82. The lowest BCUT2D eigenvalue weighted by Gasteiger charge is -2.25. The van der Waals surface area contributed by atoms with E-state index in [1.165, 1.54) is 0 Å². The highest BCUT2D eigenvalue weighted by atomic mass is 79.9. The molecule has 3 heterocycles. The van der Waals surface area contributed by atoms with Crippen molar-refractivity contribution in [3.8, 4) is 0 Å². The fraction of sp³-hybridized carbons (Fsp3) is 0.500. The first kappa shape index (κ1) is 24.3. The number of halogens is 1. The molecular weight excluding hydrogens is 470 g/mol. The second-order valence-electron chi connectivity index (χ2n) is 8.17. The summed E-state index contributed by atoms with van der Waals surface area (Å²) in [5.74, 6) is -0.00762. The molecule has 1 fully saturated rings. The zero-order valence-corrected chi connectivity index (χ0v) is 21.1. The van der Waals surface area contributed by atoms with Gasteiger partial charge in [0.2, 0.25) is 0 Å². The van der Waals surface area contributed by atoms with E-state index in [4.69, 9.17) is 0 Å². The average molecular weight is 504 g/mol. The molecule has 0 aromatic carbocycles. The summed E-state index contributed by atoms with van der Waals surface area (Å²) in [5.41, 5.74) is 5.03. The molecule has 1 saturated heterocycles. The number of likely N-dealkylation sites (N-methyl/N-ethyl adjacent to an activating group) is 1. The summed E-state index contributed by atoms with van der Waals surface area (Å²) >= 11 is 3.49. The van der Waals surface area contributed by atoms with E-state index in [0.29, 0.717) is 12.1 Å². The average Bonchev–Trinajstić information content (AvgIpc) is 3.21. The van der Waals surface area contributed by atoms with Crippen molar-refractivity contribution in [3.63, 3.8) is 0 Å². The molecule has 3 N–H and O–H groups in total. The van der Waals surface area contributed by atoms with Crippen LogP contribution in [-0.4, -0.2) is 72.9 Å². The summed E-state index contributed by atoms with van der Waals surface area (Å²) in [6, 6.07) is 0. The molecule has 0 saturated carbocycles. The van der Waals surface area contributed by atoms with Gasteiger partial charge < -0.3 is 25.4 Å². The molecule has 2 amide bonds. The molecule has 0 bridgehead atoms. The number of H-pyrrole nitrogens is 1. The first-order chi connectivity index (χ1) is 15.4. The summed E-state index contributed by atoms with van der Waals surface area (Å²) in [6.45, 7) is 11.1. The zero-order chi connectivity index (χ0) is 23.3. The maximum Gasteiger partial charge on any atom is 0.256 e. The molecule has 8 heteroatoms. The Labute approximate surface area is 199 Å². The van der Waals surface area contributed by atoms with Crippen molar-refractivity contribution in [1.29, 1.82) is 0 Å². The number of carbonyl (C=O) groups excluding carboxylic acids is 2. The van der Waals surface area contributed by atoms with E-state index in [0.717, 1.165) is 78.1 Å². The number of nitrogens with zero attached hydrogens (tertiary/aromatic N) is 2. The maximum absolute atomic E-state index is 13.4. The number of rotatable bonds is 8. The van der Waals surface area contributed by atoms with Crippen LogP contribution in [0.3, 0.4) is 0 Å². The summed E-state index contributed by atoms with van der Waals surface area (Å²) < 4.78 is 0.857. The van der Waals surface area contributed by atoms with E-state index in [-0.39, 0.29) is 11.8 Å². The molecule has 1 aromatic heterocycles. The summed E-state index contributed by atoms with van der Waals surface area (Å²) in [5, 5.41) is 5.86. The van der Waals surface area contributed by atoms with E-state index in [1.54, 1.807) is 0 Å². The Balaban J connectivity index is 1.90. The minimum absolute atomic E-state index is 0.0920. The Kier molecular flexibility index (Phi) is 8.37. The minimum Gasteiger partial charge on any atom is -0.393 e. The molecule has 0 atom stereocenters. The molecule has 1 aromatic rings. The second kappa shape index (κ2) is 11.0. The molecule has 0 unspecified atom stereocenters. The van der Waals surface area contributed by atoms with Gasteiger partial charge in [-0.05, 0) is 72.1 Å². The van der Waals surface area contributed by atoms with Crippen molar-refractivity contribution in [2.45, 2.75) is 33.6 Å². The van der Waals surface area contributed by atoms with Gasteiger partial charge in [-0.3, -0.25) is 9.59 Å². The fourth-order valence-electron chi connectivity index (χ4n) is 4.31. The molecule has 0 radical (unpaired) electrons. The highest BCUT2D eigenvalue weighted by Crippen LogP contribution is 2.28. The standard InChI is InChI=1S/C24H34BrN5O2/c1-5-29(6-2)10-11-30-9-7-8-20-22(24(30)32)16(3)21(28-20)13-19-17(14-27-23(19)31)12-18(25)15-26-4/h12-13,15,26,28H,5-11,14H2,1-4H3,(H,27,31)/b17-12+,18-15+,19-13-. The van der Waals surface area contributed by atoms with Gasteiger partial charge >= 0.3 is 0 Å². The first-order valence-electron chi connectivity index (χ1n) is 11.4. The second-order valence-corrected chi connectivity index (χ2v) is 9.08. The third-order valence-corrected chi connectivity index (χ3v) is 6.67. The zero-order valence-electron chi connectivity index (χ0n) is 19.5. The maximum atomic E-state index is 13.4. The lowest BCUT2D eigenvalue weighted by Crippen LogP contribution is -2.38. The number of hydrogen-bond donors (Lipinski definition) is 3. The number of amides is 2. The molecule has 7 nitrogen and oxygen atoms in total. The lowest BCUT2D eigenvalue weighted by atomic mass is 10.0. The van der Waals surface area contributed by atoms with E-state index < -0.39 is 0 Å². The third kappa shape index (κ3) is 5.35. The van der Waals surface area contributed by atoms with Gasteiger partial charge in [0, 0.05) is 60.9 Å². The molecule has 2 aliphatic rings. The van der Waals surface area contributed by atoms with Crippen LogP contribution >= 0.6 is 15.9 Å². The van der Waals surface area contributed by atoms with Crippen LogP contribution in [0, 0.1) is 6.92 Å². The first-order valence-corrected chi connectivity index (χ1v) is 12.2. The van der Waals surface area contributed by atoms with E-state index in [2.05, 4.69) is 50.3 Å². The monoisotopic (exact) mass is 503 g/mol. The number of carbonyl (C=O) groups is 2. The van der Waals surface area contributed by atoms with Gasteiger partial charge in [0.15, 0.2) is 0 Å². The number of nitrogens with one attached hydrogen (secondary N) is 3. The van der Waals surface area contributed by atoms with Crippen molar-refractivity contribution < 1.29 is 9.59 Å². The van der Waals surface area contributed by atoms with Crippen molar-refractivity contribution in [3.05, 3.63) is 50.4 Å². The number of aryl methyl sites for hydroxylation is 1. The van der Waals surface area contributed by atoms with Gasteiger partial charge in [-0.25, -0.2) is 0 Å². The highest BCUT2D eigenvalue weighted by Gasteiger charge is 2.29. The van der Waals surface area contributed by atoms with Gasteiger partial charge in [0.05, 0.1) is 5.56 Å². The number of aromatic nitrogens is 1. The molecule has 32 heavy (non-hydrogen) atoms. The van der Waals surface area contributed by atoms with Crippen LogP contribution in [0.5, 0.6) is 0 Å². The Bertz CT molecular complexity index is 956. The summed E-state index contributed by atoms with van der Waals surface area (Å²) in [4.78, 5) is 33.7. The predicted molar refractivity (Wildman–Crippen MR) is 133 cm³/mol. The summed E-state index contributed by atoms with van der Waals surface area (Å²) in [7, 11) is 1.83. The van der Waals surface area contributed by atoms with Gasteiger partial charge in [0.25, 0.3) is 11.8 Å². The van der Waals surface area contributed by atoms with Crippen LogP contribution in [0.4, 0.5) is 0 Å². The summed E-state index contributed by atoms with van der Waals surface area (Å²) in [6.07, 6.45) is 7.40. The van der Waals surface area contributed by atoms with Crippen molar-refractivity contribution in [2.24, 2.45) is 0 Å². The smallest absolute Gasteiger partial charge is 0.256 e. The largest absolute Gasteiger partial charge is 0.393 e. The van der Waals surface area contributed by atoms with Crippen molar-refractivity contribution in [1.82, 2.24) is 25.4 Å². The van der Waals surface area contributed by atoms with Crippen molar-refractivity contribution >= 4 is 33.8 Å². The Morgan fingerprint density at radius 1 is 1.28 bits per heavy atom. The van der Waals surface area contributed by atoms with Gasteiger partial charge in [-0.2, -0.15) is 0 Å².